The molecule has 16 heavy (non-hydrogen) atoms. The number of aliphatic hydroxyl groups excluding tert-OH is 1. The maximum Gasteiger partial charge on any atom is 0.152 e. The van der Waals surface area contributed by atoms with Crippen molar-refractivity contribution in [3.8, 4) is 0 Å². The molecule has 0 aliphatic heterocycles. The zero-order valence-corrected chi connectivity index (χ0v) is 10.2. The molecule has 2 heterocycles. The molecule has 3 nitrogen and oxygen atoms in total. The van der Waals surface area contributed by atoms with E-state index in [1.54, 1.807) is 6.26 Å². The van der Waals surface area contributed by atoms with Crippen LogP contribution >= 0.6 is 15.9 Å². The highest BCUT2D eigenvalue weighted by molar-refractivity contribution is 9.10. The summed E-state index contributed by atoms with van der Waals surface area (Å²) >= 11 is 3.46. The molecule has 4 heteroatoms. The topological polar surface area (TPSA) is 46.5 Å². The van der Waals surface area contributed by atoms with E-state index in [0.717, 1.165) is 37.7 Å². The molecule has 0 fully saturated rings. The van der Waals surface area contributed by atoms with E-state index < -0.39 is 0 Å². The van der Waals surface area contributed by atoms with Gasteiger partial charge in [-0.05, 0) is 35.0 Å². The molecule has 0 atom stereocenters. The summed E-state index contributed by atoms with van der Waals surface area (Å²) in [7, 11) is 0. The molecule has 1 aromatic carbocycles. The summed E-state index contributed by atoms with van der Waals surface area (Å²) in [6, 6.07) is 3.85. The highest BCUT2D eigenvalue weighted by Gasteiger charge is 2.14. The predicted octanol–water partition coefficient (Wildman–Crippen LogP) is 3.74. The zero-order valence-electron chi connectivity index (χ0n) is 8.58. The zero-order chi connectivity index (χ0) is 11.3. The van der Waals surface area contributed by atoms with Crippen LogP contribution in [0, 0.1) is 6.92 Å². The third-order valence-electron chi connectivity index (χ3n) is 2.67. The predicted molar refractivity (Wildman–Crippen MR) is 64.3 cm³/mol. The molecule has 0 amide bonds. The fourth-order valence-electron chi connectivity index (χ4n) is 1.94. The number of aryl methyl sites for hydroxylation is 1. The lowest BCUT2D eigenvalue weighted by atomic mass is 10.1. The SMILES string of the molecule is Cc1cc2c(o1)c(Br)cc1c(CO)coc12. The number of aliphatic hydroxyl groups is 1. The largest absolute Gasteiger partial charge is 0.463 e. The number of benzene rings is 1. The van der Waals surface area contributed by atoms with Gasteiger partial charge >= 0.3 is 0 Å². The van der Waals surface area contributed by atoms with Gasteiger partial charge in [-0.1, -0.05) is 0 Å². The van der Waals surface area contributed by atoms with Crippen LogP contribution in [0.4, 0.5) is 0 Å². The Labute approximate surface area is 99.8 Å². The first-order chi connectivity index (χ1) is 7.70. The van der Waals surface area contributed by atoms with Crippen molar-refractivity contribution in [2.24, 2.45) is 0 Å². The molecule has 3 aromatic rings. The summed E-state index contributed by atoms with van der Waals surface area (Å²) in [5.41, 5.74) is 2.33. The van der Waals surface area contributed by atoms with Gasteiger partial charge in [0, 0.05) is 10.9 Å². The van der Waals surface area contributed by atoms with Crippen molar-refractivity contribution in [1.82, 2.24) is 0 Å². The minimum Gasteiger partial charge on any atom is -0.463 e. The summed E-state index contributed by atoms with van der Waals surface area (Å²) in [5, 5.41) is 11.0. The fourth-order valence-corrected chi connectivity index (χ4v) is 2.47. The van der Waals surface area contributed by atoms with E-state index in [-0.39, 0.29) is 6.61 Å². The van der Waals surface area contributed by atoms with Crippen molar-refractivity contribution in [1.29, 1.82) is 0 Å². The van der Waals surface area contributed by atoms with E-state index >= 15 is 0 Å². The average molecular weight is 281 g/mol. The molecule has 0 aliphatic rings. The van der Waals surface area contributed by atoms with E-state index in [9.17, 15) is 5.11 Å². The Bertz CT molecular complexity index is 678. The van der Waals surface area contributed by atoms with Crippen LogP contribution in [-0.2, 0) is 6.61 Å². The lowest BCUT2D eigenvalue weighted by Gasteiger charge is -1.96. The van der Waals surface area contributed by atoms with Gasteiger partial charge in [0.1, 0.15) is 11.3 Å². The number of fused-ring (bicyclic) bond motifs is 3. The Hall–Kier alpha value is -1.26. The van der Waals surface area contributed by atoms with Crippen molar-refractivity contribution < 1.29 is 13.9 Å². The van der Waals surface area contributed by atoms with Gasteiger partial charge in [0.2, 0.25) is 0 Å². The van der Waals surface area contributed by atoms with Crippen LogP contribution in [0.1, 0.15) is 11.3 Å². The standard InChI is InChI=1S/C12H9BrO3/c1-6-2-9-11-8(7(4-14)5-15-11)3-10(13)12(9)16-6/h2-3,5,14H,4H2,1H3. The van der Waals surface area contributed by atoms with Crippen LogP contribution < -0.4 is 0 Å². The second-order valence-electron chi connectivity index (χ2n) is 3.75. The van der Waals surface area contributed by atoms with E-state index in [1.165, 1.54) is 0 Å². The minimum absolute atomic E-state index is 0.0260. The highest BCUT2D eigenvalue weighted by Crippen LogP contribution is 2.36. The lowest BCUT2D eigenvalue weighted by Crippen LogP contribution is -1.79. The monoisotopic (exact) mass is 280 g/mol. The molecule has 0 bridgehead atoms. The summed E-state index contributed by atoms with van der Waals surface area (Å²) in [6.45, 7) is 1.87. The Morgan fingerprint density at radius 3 is 2.81 bits per heavy atom. The normalized spacial score (nSPS) is 11.7. The van der Waals surface area contributed by atoms with Crippen LogP contribution in [0.5, 0.6) is 0 Å². The first kappa shape index (κ1) is 9.93. The van der Waals surface area contributed by atoms with Crippen molar-refractivity contribution in [2.45, 2.75) is 13.5 Å². The van der Waals surface area contributed by atoms with Crippen LogP contribution in [0.2, 0.25) is 0 Å². The first-order valence-electron chi connectivity index (χ1n) is 4.90. The van der Waals surface area contributed by atoms with Gasteiger partial charge < -0.3 is 13.9 Å². The van der Waals surface area contributed by atoms with Gasteiger partial charge in [-0.15, -0.1) is 0 Å². The molecule has 2 aromatic heterocycles. The van der Waals surface area contributed by atoms with Crippen LogP contribution in [0.25, 0.3) is 21.9 Å². The maximum atomic E-state index is 9.19. The highest BCUT2D eigenvalue weighted by atomic mass is 79.9. The summed E-state index contributed by atoms with van der Waals surface area (Å²) < 4.78 is 11.9. The number of furan rings is 2. The Morgan fingerprint density at radius 2 is 2.06 bits per heavy atom. The number of rotatable bonds is 1. The third-order valence-corrected chi connectivity index (χ3v) is 3.26. The quantitative estimate of drug-likeness (QED) is 0.739. The maximum absolute atomic E-state index is 9.19. The first-order valence-corrected chi connectivity index (χ1v) is 5.69. The van der Waals surface area contributed by atoms with Crippen LogP contribution in [0.15, 0.2) is 31.7 Å². The van der Waals surface area contributed by atoms with Crippen molar-refractivity contribution >= 4 is 37.9 Å². The second-order valence-corrected chi connectivity index (χ2v) is 4.61. The summed E-state index contributed by atoms with van der Waals surface area (Å²) in [4.78, 5) is 0. The molecule has 3 rings (SSSR count). The fraction of sp³-hybridized carbons (Fsp3) is 0.167. The van der Waals surface area contributed by atoms with Gasteiger partial charge in [-0.3, -0.25) is 0 Å². The van der Waals surface area contributed by atoms with E-state index in [4.69, 9.17) is 8.83 Å². The van der Waals surface area contributed by atoms with E-state index in [1.807, 2.05) is 19.1 Å². The molecule has 0 saturated heterocycles. The molecule has 0 aliphatic carbocycles. The summed E-state index contributed by atoms with van der Waals surface area (Å²) in [6.07, 6.45) is 1.58. The summed E-state index contributed by atoms with van der Waals surface area (Å²) in [5.74, 6) is 0.838. The molecular formula is C12H9BrO3. The minimum atomic E-state index is -0.0260. The van der Waals surface area contributed by atoms with Gasteiger partial charge in [0.05, 0.1) is 22.7 Å². The molecule has 0 radical (unpaired) electrons. The molecule has 1 N–H and O–H groups in total. The molecule has 82 valence electrons. The van der Waals surface area contributed by atoms with Crippen LogP contribution in [0.3, 0.4) is 0 Å². The smallest absolute Gasteiger partial charge is 0.152 e. The van der Waals surface area contributed by atoms with E-state index in [0.29, 0.717) is 0 Å². The number of hydrogen-bond acceptors (Lipinski definition) is 3. The van der Waals surface area contributed by atoms with Crippen molar-refractivity contribution in [3.63, 3.8) is 0 Å². The van der Waals surface area contributed by atoms with Gasteiger partial charge in [-0.25, -0.2) is 0 Å². The van der Waals surface area contributed by atoms with Gasteiger partial charge in [0.25, 0.3) is 0 Å². The molecule has 0 saturated carbocycles. The molecule has 0 unspecified atom stereocenters. The second kappa shape index (κ2) is 3.37. The average Bonchev–Trinajstić information content (AvgIpc) is 2.81. The number of hydrogen-bond donors (Lipinski definition) is 1. The van der Waals surface area contributed by atoms with Crippen molar-refractivity contribution in [2.75, 3.05) is 0 Å². The third kappa shape index (κ3) is 1.23. The van der Waals surface area contributed by atoms with Gasteiger partial charge in [0.15, 0.2) is 5.58 Å². The number of halogens is 1. The Kier molecular flexibility index (Phi) is 2.09. The van der Waals surface area contributed by atoms with Gasteiger partial charge in [-0.2, -0.15) is 0 Å². The Morgan fingerprint density at radius 1 is 1.25 bits per heavy atom. The molecule has 0 spiro atoms. The Balaban J connectivity index is 2.54. The van der Waals surface area contributed by atoms with Crippen molar-refractivity contribution in [3.05, 3.63) is 34.2 Å². The lowest BCUT2D eigenvalue weighted by molar-refractivity contribution is 0.281. The molecular weight excluding hydrogens is 272 g/mol. The van der Waals surface area contributed by atoms with E-state index in [2.05, 4.69) is 15.9 Å². The van der Waals surface area contributed by atoms with Crippen LogP contribution in [-0.4, -0.2) is 5.11 Å².